The minimum Gasteiger partial charge on any atom is -0.379 e. The Kier molecular flexibility index (Phi) is 7.06. The summed E-state index contributed by atoms with van der Waals surface area (Å²) in [6.07, 6.45) is -4.86. The molecule has 1 aromatic carbocycles. The molecule has 0 bridgehead atoms. The largest absolute Gasteiger partial charge is 0.437 e. The number of morpholine rings is 1. The third kappa shape index (κ3) is 5.61. The fourth-order valence-corrected chi connectivity index (χ4v) is 4.36. The van der Waals surface area contributed by atoms with Gasteiger partial charge in [-0.2, -0.15) is 18.3 Å². The maximum Gasteiger partial charge on any atom is 0.437 e. The fraction of sp³-hybridized carbons (Fsp3) is 0.320. The van der Waals surface area contributed by atoms with Gasteiger partial charge in [-0.15, -0.1) is 0 Å². The molecule has 4 heterocycles. The zero-order chi connectivity index (χ0) is 27.7. The van der Waals surface area contributed by atoms with Crippen LogP contribution >= 0.6 is 0 Å². The van der Waals surface area contributed by atoms with Gasteiger partial charge in [0.1, 0.15) is 11.4 Å². The van der Waals surface area contributed by atoms with Crippen molar-refractivity contribution in [3.63, 3.8) is 0 Å². The molecule has 0 saturated carbocycles. The van der Waals surface area contributed by atoms with Gasteiger partial charge in [-0.25, -0.2) is 4.98 Å². The zero-order valence-electron chi connectivity index (χ0n) is 20.8. The predicted molar refractivity (Wildman–Crippen MR) is 132 cm³/mol. The minimum atomic E-state index is -4.86. The fourth-order valence-electron chi connectivity index (χ4n) is 4.36. The van der Waals surface area contributed by atoms with Gasteiger partial charge in [0.05, 0.1) is 48.8 Å². The molecule has 11 nitrogen and oxygen atoms in total. The number of benzene rings is 1. The number of hydrogen-bond acceptors (Lipinski definition) is 8. The van der Waals surface area contributed by atoms with Crippen molar-refractivity contribution in [1.29, 1.82) is 0 Å². The first-order valence-electron chi connectivity index (χ1n) is 12.0. The maximum atomic E-state index is 14.0. The molecular weight excluding hydrogens is 519 g/mol. The maximum absolute atomic E-state index is 14.0. The second kappa shape index (κ2) is 10.5. The summed E-state index contributed by atoms with van der Waals surface area (Å²) in [5, 5.41) is 10.4. The topological polar surface area (TPSA) is 141 Å². The summed E-state index contributed by atoms with van der Waals surface area (Å²) in [7, 11) is 0. The summed E-state index contributed by atoms with van der Waals surface area (Å²) in [6, 6.07) is 9.24. The van der Waals surface area contributed by atoms with Gasteiger partial charge in [0.25, 0.3) is 11.8 Å². The molecule has 39 heavy (non-hydrogen) atoms. The summed E-state index contributed by atoms with van der Waals surface area (Å²) < 4.78 is 53.7. The third-order valence-electron chi connectivity index (χ3n) is 6.33. The molecule has 3 aromatic heterocycles. The molecule has 2 amide bonds. The lowest BCUT2D eigenvalue weighted by atomic mass is 10.1. The van der Waals surface area contributed by atoms with Crippen molar-refractivity contribution in [3.8, 4) is 0 Å². The number of halogens is 3. The van der Waals surface area contributed by atoms with E-state index in [2.05, 4.69) is 25.5 Å². The van der Waals surface area contributed by atoms with Crippen molar-refractivity contribution in [2.45, 2.75) is 26.2 Å². The van der Waals surface area contributed by atoms with Crippen molar-refractivity contribution in [2.24, 2.45) is 5.73 Å². The summed E-state index contributed by atoms with van der Waals surface area (Å²) >= 11 is 0. The van der Waals surface area contributed by atoms with E-state index < -0.39 is 29.4 Å². The van der Waals surface area contributed by atoms with Crippen LogP contribution in [0.1, 0.15) is 43.7 Å². The van der Waals surface area contributed by atoms with Crippen LogP contribution in [0.5, 0.6) is 0 Å². The highest BCUT2D eigenvalue weighted by molar-refractivity contribution is 6.14. The number of carbonyl (C=O) groups excluding carboxylic acids is 2. The number of primary amides is 1. The number of pyridine rings is 1. The predicted octanol–water partition coefficient (Wildman–Crippen LogP) is 2.98. The Hall–Kier alpha value is -4.30. The summed E-state index contributed by atoms with van der Waals surface area (Å²) in [6.45, 7) is 4.49. The zero-order valence-corrected chi connectivity index (χ0v) is 20.8. The van der Waals surface area contributed by atoms with Crippen LogP contribution in [0, 0.1) is 6.92 Å². The number of anilines is 1. The first kappa shape index (κ1) is 26.3. The van der Waals surface area contributed by atoms with Crippen LogP contribution < -0.4 is 11.1 Å². The molecule has 1 saturated heterocycles. The van der Waals surface area contributed by atoms with Gasteiger partial charge in [-0.1, -0.05) is 23.4 Å². The van der Waals surface area contributed by atoms with Crippen LogP contribution in [0.15, 0.2) is 40.9 Å². The monoisotopic (exact) mass is 543 g/mol. The van der Waals surface area contributed by atoms with Crippen LogP contribution in [0.25, 0.3) is 10.9 Å². The number of carbonyl (C=O) groups is 2. The average Bonchev–Trinajstić information content (AvgIpc) is 3.47. The van der Waals surface area contributed by atoms with Crippen LogP contribution in [0.2, 0.25) is 0 Å². The second-order valence-corrected chi connectivity index (χ2v) is 9.03. The Morgan fingerprint density at radius 3 is 2.59 bits per heavy atom. The number of para-hydroxylation sites is 1. The number of rotatable bonds is 7. The smallest absolute Gasteiger partial charge is 0.379 e. The SMILES string of the molecule is Cc1c(NC(=O)c2cc(C(N)=O)nc3ccccc23)c(C(F)(F)F)nn1Cc1cc(CN2CCOCC2)on1. The third-order valence-corrected chi connectivity index (χ3v) is 6.33. The quantitative estimate of drug-likeness (QED) is 0.363. The summed E-state index contributed by atoms with van der Waals surface area (Å²) in [5.41, 5.74) is 4.05. The molecule has 0 spiro atoms. The van der Waals surface area contributed by atoms with E-state index in [1.807, 2.05) is 0 Å². The molecule has 1 aliphatic rings. The van der Waals surface area contributed by atoms with Gasteiger partial charge in [-0.05, 0) is 19.1 Å². The summed E-state index contributed by atoms with van der Waals surface area (Å²) in [4.78, 5) is 31.2. The van der Waals surface area contributed by atoms with E-state index in [1.54, 1.807) is 30.3 Å². The molecule has 0 atom stereocenters. The van der Waals surface area contributed by atoms with E-state index in [-0.39, 0.29) is 23.5 Å². The first-order valence-corrected chi connectivity index (χ1v) is 12.0. The van der Waals surface area contributed by atoms with Crippen LogP contribution in [0.4, 0.5) is 18.9 Å². The van der Waals surface area contributed by atoms with Crippen molar-refractivity contribution in [1.82, 2.24) is 24.8 Å². The second-order valence-electron chi connectivity index (χ2n) is 9.03. The van der Waals surface area contributed by atoms with Crippen LogP contribution in [-0.2, 0) is 24.0 Å². The van der Waals surface area contributed by atoms with Crippen LogP contribution in [-0.4, -0.2) is 62.9 Å². The van der Waals surface area contributed by atoms with Crippen LogP contribution in [0.3, 0.4) is 0 Å². The summed E-state index contributed by atoms with van der Waals surface area (Å²) in [5.74, 6) is -1.19. The Morgan fingerprint density at radius 2 is 1.87 bits per heavy atom. The van der Waals surface area contributed by atoms with Gasteiger partial charge in [0.15, 0.2) is 11.5 Å². The number of nitrogens with two attached hydrogens (primary N) is 1. The van der Waals surface area contributed by atoms with Gasteiger partial charge in [0, 0.05) is 24.5 Å². The van der Waals surface area contributed by atoms with E-state index in [4.69, 9.17) is 15.0 Å². The number of fused-ring (bicyclic) bond motifs is 1. The van der Waals surface area contributed by atoms with Gasteiger partial charge >= 0.3 is 6.18 Å². The normalized spacial score (nSPS) is 14.6. The van der Waals surface area contributed by atoms with E-state index >= 15 is 0 Å². The molecule has 4 aromatic rings. The molecule has 0 aliphatic carbocycles. The van der Waals surface area contributed by atoms with Gasteiger partial charge in [0.2, 0.25) is 0 Å². The molecule has 0 unspecified atom stereocenters. The Balaban J connectivity index is 1.43. The lowest BCUT2D eigenvalue weighted by Crippen LogP contribution is -2.35. The highest BCUT2D eigenvalue weighted by Crippen LogP contribution is 2.36. The minimum absolute atomic E-state index is 0.0565. The van der Waals surface area contributed by atoms with Crippen molar-refractivity contribution in [3.05, 3.63) is 70.5 Å². The molecule has 1 aliphatic heterocycles. The van der Waals surface area contributed by atoms with Gasteiger partial charge < -0.3 is 20.3 Å². The number of ether oxygens (including phenoxy) is 1. The van der Waals surface area contributed by atoms with E-state index in [9.17, 15) is 22.8 Å². The first-order chi connectivity index (χ1) is 18.6. The Bertz CT molecular complexity index is 1540. The van der Waals surface area contributed by atoms with E-state index in [1.165, 1.54) is 6.92 Å². The number of hydrogen-bond donors (Lipinski definition) is 2. The number of nitrogens with one attached hydrogen (secondary N) is 1. The molecule has 1 fully saturated rings. The molecule has 0 radical (unpaired) electrons. The number of nitrogens with zero attached hydrogens (tertiary/aromatic N) is 5. The molecule has 14 heteroatoms. The van der Waals surface area contributed by atoms with Crippen molar-refractivity contribution >= 4 is 28.4 Å². The molecular formula is C25H24F3N7O4. The number of amides is 2. The van der Waals surface area contributed by atoms with E-state index in [0.29, 0.717) is 42.1 Å². The average molecular weight is 544 g/mol. The highest BCUT2D eigenvalue weighted by atomic mass is 19.4. The molecule has 3 N–H and O–H groups in total. The number of aromatic nitrogens is 4. The Labute approximate surface area is 219 Å². The highest BCUT2D eigenvalue weighted by Gasteiger charge is 2.39. The molecule has 204 valence electrons. The Morgan fingerprint density at radius 1 is 1.13 bits per heavy atom. The van der Waals surface area contributed by atoms with Crippen molar-refractivity contribution in [2.75, 3.05) is 31.6 Å². The lowest BCUT2D eigenvalue weighted by Gasteiger charge is -2.25. The van der Waals surface area contributed by atoms with Crippen molar-refractivity contribution < 1.29 is 32.0 Å². The van der Waals surface area contributed by atoms with E-state index in [0.717, 1.165) is 23.8 Å². The standard InChI is InChI=1S/C25H24F3N7O4/c1-14-21(31-24(37)18-11-20(23(29)36)30-19-5-3-2-4-17(18)19)22(25(26,27)28)32-35(14)12-15-10-16(39-33-15)13-34-6-8-38-9-7-34/h2-5,10-11H,6-9,12-13H2,1H3,(H2,29,36)(H,31,37). The number of alkyl halides is 3. The molecule has 5 rings (SSSR count). The van der Waals surface area contributed by atoms with Gasteiger partial charge in [-0.3, -0.25) is 19.2 Å². The lowest BCUT2D eigenvalue weighted by molar-refractivity contribution is -0.140.